The highest BCUT2D eigenvalue weighted by molar-refractivity contribution is 5.82. The molecule has 2 aromatic heterocycles. The first kappa shape index (κ1) is 21.5. The summed E-state index contributed by atoms with van der Waals surface area (Å²) in [4.78, 5) is 11.9. The van der Waals surface area contributed by atoms with Gasteiger partial charge >= 0.3 is 5.97 Å². The number of hydrogen-bond donors (Lipinski definition) is 1. The number of rotatable bonds is 9. The van der Waals surface area contributed by atoms with Crippen LogP contribution in [-0.2, 0) is 36.2 Å². The number of nitrogens with zero attached hydrogens (tertiary/aromatic N) is 2. The second-order valence-electron chi connectivity index (χ2n) is 7.65. The molecule has 2 heterocycles. The van der Waals surface area contributed by atoms with Crippen LogP contribution >= 0.6 is 0 Å². The number of ether oxygens (including phenoxy) is 2. The highest BCUT2D eigenvalue weighted by atomic mass is 16.5. The summed E-state index contributed by atoms with van der Waals surface area (Å²) in [6.07, 6.45) is 2.08. The molecule has 4 aromatic rings. The predicted molar refractivity (Wildman–Crippen MR) is 123 cm³/mol. The molecule has 7 nitrogen and oxygen atoms in total. The largest absolute Gasteiger partial charge is 0.489 e. The minimum absolute atomic E-state index is 0.191. The van der Waals surface area contributed by atoms with E-state index < -0.39 is 0 Å². The third kappa shape index (κ3) is 5.11. The minimum atomic E-state index is -0.258. The van der Waals surface area contributed by atoms with Crippen LogP contribution in [0.2, 0.25) is 0 Å². The summed E-state index contributed by atoms with van der Waals surface area (Å²) in [7, 11) is 1.88. The molecule has 4 rings (SSSR count). The van der Waals surface area contributed by atoms with Gasteiger partial charge in [-0.2, -0.15) is 5.10 Å². The number of fused-ring (bicyclic) bond motifs is 1. The van der Waals surface area contributed by atoms with Crippen molar-refractivity contribution in [1.29, 1.82) is 0 Å². The normalized spacial score (nSPS) is 11.0. The Morgan fingerprint density at radius 2 is 2.03 bits per heavy atom. The molecule has 0 unspecified atom stereocenters. The summed E-state index contributed by atoms with van der Waals surface area (Å²) >= 11 is 0. The fourth-order valence-corrected chi connectivity index (χ4v) is 3.64. The smallest absolute Gasteiger partial charge is 0.310 e. The first-order valence-electron chi connectivity index (χ1n) is 10.6. The molecule has 2 aromatic carbocycles. The molecule has 0 bridgehead atoms. The molecule has 0 saturated carbocycles. The molecule has 0 spiro atoms. The van der Waals surface area contributed by atoms with Gasteiger partial charge in [0.25, 0.3) is 0 Å². The lowest BCUT2D eigenvalue weighted by Gasteiger charge is -2.12. The highest BCUT2D eigenvalue weighted by Crippen LogP contribution is 2.27. The Morgan fingerprint density at radius 1 is 1.19 bits per heavy atom. The molecular weight excluding hydrogens is 406 g/mol. The van der Waals surface area contributed by atoms with Crippen LogP contribution in [0.1, 0.15) is 29.4 Å². The number of hydrogen-bond acceptors (Lipinski definition) is 6. The van der Waals surface area contributed by atoms with Gasteiger partial charge in [-0.1, -0.05) is 18.2 Å². The maximum atomic E-state index is 11.9. The molecule has 0 aliphatic heterocycles. The number of carbonyl (C=O) groups is 1. The van der Waals surface area contributed by atoms with Gasteiger partial charge in [0.05, 0.1) is 19.6 Å². The lowest BCUT2D eigenvalue weighted by atomic mass is 10.1. The Kier molecular flexibility index (Phi) is 6.44. The quantitative estimate of drug-likeness (QED) is 0.383. The molecule has 0 saturated heterocycles. The SMILES string of the molecule is CCOC(=O)Cc1ccccc1OCc1cc(C)c2oc(CNc3ccn(C)n3)cc2c1. The fraction of sp³-hybridized carbons (Fsp3) is 0.280. The molecule has 0 fully saturated rings. The van der Waals surface area contributed by atoms with Gasteiger partial charge in [0.1, 0.15) is 29.5 Å². The van der Waals surface area contributed by atoms with Crippen LogP contribution in [-0.4, -0.2) is 22.4 Å². The van der Waals surface area contributed by atoms with E-state index in [1.807, 2.05) is 56.6 Å². The zero-order valence-electron chi connectivity index (χ0n) is 18.6. The van der Waals surface area contributed by atoms with Crippen LogP contribution in [0, 0.1) is 6.92 Å². The third-order valence-corrected chi connectivity index (χ3v) is 5.08. The van der Waals surface area contributed by atoms with Crippen molar-refractivity contribution in [3.8, 4) is 5.75 Å². The van der Waals surface area contributed by atoms with Gasteiger partial charge < -0.3 is 19.2 Å². The molecular formula is C25H27N3O4. The van der Waals surface area contributed by atoms with Gasteiger partial charge in [-0.3, -0.25) is 9.48 Å². The Balaban J connectivity index is 1.45. The van der Waals surface area contributed by atoms with E-state index in [9.17, 15) is 4.79 Å². The Morgan fingerprint density at radius 3 is 2.81 bits per heavy atom. The number of furan rings is 1. The van der Waals surface area contributed by atoms with E-state index >= 15 is 0 Å². The van der Waals surface area contributed by atoms with Crippen molar-refractivity contribution in [2.24, 2.45) is 7.05 Å². The van der Waals surface area contributed by atoms with Gasteiger partial charge in [0, 0.05) is 30.3 Å². The van der Waals surface area contributed by atoms with Crippen LogP contribution < -0.4 is 10.1 Å². The standard InChI is InChI=1S/C25H27N3O4/c1-4-30-24(29)14-19-7-5-6-8-22(19)31-16-18-11-17(2)25-20(12-18)13-21(32-25)15-26-23-9-10-28(3)27-23/h5-13H,4,14-16H2,1-3H3,(H,26,27). The van der Waals surface area contributed by atoms with Crippen molar-refractivity contribution < 1.29 is 18.7 Å². The first-order valence-corrected chi connectivity index (χ1v) is 10.6. The average molecular weight is 434 g/mol. The number of para-hydroxylation sites is 1. The van der Waals surface area contributed by atoms with Crippen molar-refractivity contribution in [3.63, 3.8) is 0 Å². The van der Waals surface area contributed by atoms with Crippen LogP contribution in [0.5, 0.6) is 5.75 Å². The molecule has 0 aliphatic rings. The van der Waals surface area contributed by atoms with E-state index in [1.165, 1.54) is 0 Å². The monoisotopic (exact) mass is 433 g/mol. The van der Waals surface area contributed by atoms with Crippen LogP contribution in [0.3, 0.4) is 0 Å². The molecule has 32 heavy (non-hydrogen) atoms. The molecule has 0 aliphatic carbocycles. The molecule has 0 amide bonds. The number of benzene rings is 2. The van der Waals surface area contributed by atoms with E-state index in [-0.39, 0.29) is 12.4 Å². The van der Waals surface area contributed by atoms with E-state index in [0.717, 1.165) is 39.2 Å². The van der Waals surface area contributed by atoms with Crippen molar-refractivity contribution in [3.05, 3.63) is 77.2 Å². The minimum Gasteiger partial charge on any atom is -0.489 e. The van der Waals surface area contributed by atoms with Gasteiger partial charge in [0.15, 0.2) is 0 Å². The summed E-state index contributed by atoms with van der Waals surface area (Å²) in [6, 6.07) is 15.6. The number of nitrogens with one attached hydrogen (secondary N) is 1. The number of esters is 1. The summed E-state index contributed by atoms with van der Waals surface area (Å²) in [5.41, 5.74) is 3.76. The topological polar surface area (TPSA) is 78.5 Å². The molecule has 166 valence electrons. The molecule has 1 N–H and O–H groups in total. The second-order valence-corrected chi connectivity index (χ2v) is 7.65. The lowest BCUT2D eigenvalue weighted by Crippen LogP contribution is -2.09. The van der Waals surface area contributed by atoms with Crippen LogP contribution in [0.25, 0.3) is 11.0 Å². The average Bonchev–Trinajstić information content (AvgIpc) is 3.38. The lowest BCUT2D eigenvalue weighted by molar-refractivity contribution is -0.142. The summed E-state index contributed by atoms with van der Waals surface area (Å²) in [6.45, 7) is 5.14. The summed E-state index contributed by atoms with van der Waals surface area (Å²) < 4.78 is 18.9. The van der Waals surface area contributed by atoms with Crippen LogP contribution in [0.4, 0.5) is 5.82 Å². The van der Waals surface area contributed by atoms with Gasteiger partial charge in [-0.05, 0) is 49.2 Å². The van der Waals surface area contributed by atoms with E-state index in [1.54, 1.807) is 11.6 Å². The Hall–Kier alpha value is -3.74. The molecule has 0 radical (unpaired) electrons. The Bertz CT molecular complexity index is 1230. The van der Waals surface area contributed by atoms with Gasteiger partial charge in [-0.25, -0.2) is 0 Å². The molecule has 7 heteroatoms. The van der Waals surface area contributed by atoms with Crippen molar-refractivity contribution in [2.45, 2.75) is 33.4 Å². The number of anilines is 1. The van der Waals surface area contributed by atoms with Crippen molar-refractivity contribution in [1.82, 2.24) is 9.78 Å². The number of carbonyl (C=O) groups excluding carboxylic acids is 1. The third-order valence-electron chi connectivity index (χ3n) is 5.08. The van der Waals surface area contributed by atoms with Gasteiger partial charge in [-0.15, -0.1) is 0 Å². The van der Waals surface area contributed by atoms with E-state index in [0.29, 0.717) is 25.5 Å². The summed E-state index contributed by atoms with van der Waals surface area (Å²) in [5.74, 6) is 2.07. The maximum Gasteiger partial charge on any atom is 0.310 e. The molecule has 0 atom stereocenters. The number of aromatic nitrogens is 2. The zero-order chi connectivity index (χ0) is 22.5. The first-order chi connectivity index (χ1) is 15.5. The van der Waals surface area contributed by atoms with E-state index in [4.69, 9.17) is 13.9 Å². The van der Waals surface area contributed by atoms with Gasteiger partial charge in [0.2, 0.25) is 0 Å². The predicted octanol–water partition coefficient (Wildman–Crippen LogP) is 4.77. The maximum absolute atomic E-state index is 11.9. The van der Waals surface area contributed by atoms with Crippen LogP contribution in [0.15, 0.2) is 59.1 Å². The van der Waals surface area contributed by atoms with Crippen molar-refractivity contribution >= 4 is 22.8 Å². The summed E-state index contributed by atoms with van der Waals surface area (Å²) in [5, 5.41) is 8.61. The van der Waals surface area contributed by atoms with E-state index in [2.05, 4.69) is 22.5 Å². The van der Waals surface area contributed by atoms with Crippen molar-refractivity contribution in [2.75, 3.05) is 11.9 Å². The zero-order valence-corrected chi connectivity index (χ0v) is 18.6. The number of aryl methyl sites for hydroxylation is 2. The highest BCUT2D eigenvalue weighted by Gasteiger charge is 2.12. The second kappa shape index (κ2) is 9.60. The Labute approximate surface area is 186 Å². The fourth-order valence-electron chi connectivity index (χ4n) is 3.64.